The van der Waals surface area contributed by atoms with Crippen LogP contribution in [-0.2, 0) is 32.6 Å². The van der Waals surface area contributed by atoms with Crippen LogP contribution in [0, 0.1) is 6.92 Å². The van der Waals surface area contributed by atoms with Gasteiger partial charge in [0.15, 0.2) is 38.2 Å². The maximum Gasteiger partial charge on any atom is 0.754 e. The van der Waals surface area contributed by atoms with E-state index in [-0.39, 0.29) is 35.4 Å². The van der Waals surface area contributed by atoms with Crippen molar-refractivity contribution in [2.45, 2.75) is 98.8 Å². The third-order valence-electron chi connectivity index (χ3n) is 27.1. The molecule has 0 spiro atoms. The molecule has 18 heterocycles. The van der Waals surface area contributed by atoms with Crippen LogP contribution >= 0.6 is 0 Å². The lowest BCUT2D eigenvalue weighted by atomic mass is 9.64. The Bertz CT molecular complexity index is 7050. The standard InChI is InChI=1S/C22H18BNO.2C21H18BN2O.C19H14BN2O.C16H11BN3O/c1-13(2)14-9-10-20-19(12-14)24-18-8-4-6-16-11-15-5-3-7-17(23(24)25-20)21(15)22(16)18;1-13(2)14-10-15-12-23-9-5-6-16-21(23)20(15)18(11-14)24-17-7-3-4-8-19(17)25-22(16)24;1-13(2)14-10-15-12-23-9-5-7-18-21(23)20(15)16(11-14)22-24(18)17-6-3-4-8-19(17)25-22;1-12-9-14-19-18-13(11-21(19)10-12)5-4-7-16(18)22-15-6-2-3-8-17(15)23-20(14)22;1-2-7-14-12(5-1)20-13-6-3-4-11-10-18-8-9-19(17(20)21-14)16(18)15(11)13/h3-10,12-13H,11H2,1-2H3;2*3-11,13H,12H2,1-2H3;2-10H,11H2,1H3;1-9H,10H2/q;4*+1. The van der Waals surface area contributed by atoms with Crippen LogP contribution in [0.25, 0.3) is 56.3 Å². The van der Waals surface area contributed by atoms with Gasteiger partial charge < -0.3 is 42.5 Å². The molecule has 30 rings (SSSR count). The largest absolute Gasteiger partial charge is 0.754 e. The van der Waals surface area contributed by atoms with Crippen molar-refractivity contribution in [1.29, 1.82) is 0 Å². The first kappa shape index (κ1) is 67.6. The first-order valence-corrected chi connectivity index (χ1v) is 42.2. The lowest BCUT2D eigenvalue weighted by molar-refractivity contribution is -0.671. The van der Waals surface area contributed by atoms with E-state index in [4.69, 9.17) is 23.3 Å². The number of aryl methyl sites for hydroxylation is 1. The normalized spacial score (nSPS) is 15.2. The van der Waals surface area contributed by atoms with Crippen LogP contribution in [0.5, 0.6) is 28.7 Å². The summed E-state index contributed by atoms with van der Waals surface area (Å²) < 4.78 is 43.5. The molecule has 0 fully saturated rings. The number of pyridine rings is 3. The van der Waals surface area contributed by atoms with Gasteiger partial charge in [-0.25, -0.2) is 9.05 Å². The van der Waals surface area contributed by atoms with Crippen LogP contribution in [0.3, 0.4) is 0 Å². The lowest BCUT2D eigenvalue weighted by Gasteiger charge is -2.31. The monoisotopic (exact) mass is 1540 g/mol. The average molecular weight is 1540 g/mol. The quantitative estimate of drug-likeness (QED) is 0.126. The molecule has 566 valence electrons. The topological polar surface area (TPSA) is 82.8 Å². The van der Waals surface area contributed by atoms with Crippen molar-refractivity contribution in [3.8, 4) is 85.0 Å². The van der Waals surface area contributed by atoms with Crippen molar-refractivity contribution >= 4 is 114 Å². The molecule has 15 nitrogen and oxygen atoms in total. The van der Waals surface area contributed by atoms with Gasteiger partial charge in [0.05, 0.1) is 67.3 Å². The van der Waals surface area contributed by atoms with Crippen molar-refractivity contribution in [2.75, 3.05) is 24.1 Å². The number of imidazole rings is 1. The van der Waals surface area contributed by atoms with Crippen molar-refractivity contribution < 1.29 is 41.5 Å². The summed E-state index contributed by atoms with van der Waals surface area (Å²) in [5.41, 5.74) is 43.6. The summed E-state index contributed by atoms with van der Waals surface area (Å²) in [7, 11) is -0.353. The zero-order chi connectivity index (χ0) is 78.8. The van der Waals surface area contributed by atoms with Crippen molar-refractivity contribution in [1.82, 2.24) is 4.57 Å². The highest BCUT2D eigenvalue weighted by Crippen LogP contribution is 2.56. The van der Waals surface area contributed by atoms with E-state index >= 15 is 0 Å². The number of benzene rings is 11. The van der Waals surface area contributed by atoms with E-state index in [1.54, 1.807) is 0 Å². The third kappa shape index (κ3) is 9.45. The summed E-state index contributed by atoms with van der Waals surface area (Å²) in [4.78, 5) is 11.8. The maximum absolute atomic E-state index is 6.43. The van der Waals surface area contributed by atoms with Gasteiger partial charge in [-0.2, -0.15) is 13.7 Å². The molecule has 0 saturated heterocycles. The van der Waals surface area contributed by atoms with Gasteiger partial charge >= 0.3 is 35.4 Å². The molecule has 14 aliphatic heterocycles. The summed E-state index contributed by atoms with van der Waals surface area (Å²) in [6.07, 6.45) is 11.9. The molecule has 0 atom stereocenters. The molecule has 20 heteroatoms. The molecule has 0 radical (unpaired) electrons. The van der Waals surface area contributed by atoms with Crippen molar-refractivity contribution in [2.24, 2.45) is 0 Å². The highest BCUT2D eigenvalue weighted by atomic mass is 16.5. The highest BCUT2D eigenvalue weighted by molar-refractivity contribution is 6.79. The second-order valence-corrected chi connectivity index (χ2v) is 34.9. The summed E-state index contributed by atoms with van der Waals surface area (Å²) in [5.74, 6) is 7.64. The summed E-state index contributed by atoms with van der Waals surface area (Å²) in [6, 6.07) is 87.1. The first-order valence-electron chi connectivity index (χ1n) is 42.2. The SMILES string of the molecule is CC(C)c1cc2c3c(c1)B1Oc4ccccc4N1c1ccc[n+](c1-3)C2.CC(C)c1cc2c3c(c1)N1B(Oc4ccccc41)c1ccc[n+](c1-3)C2.CC(C)c1ccc2c(c1)N1B(O2)c2cccc3c2-c2c(cccc21)C3.Cc1cc2c3[n+](c1)Cc1cccc(c1-3)N1B2Oc2ccccc21.c1ccc2c(c1)OB1N2c2cccc3c2-c2n(cc[n+]21)C3. The molecule has 119 heavy (non-hydrogen) atoms. The fourth-order valence-electron chi connectivity index (χ4n) is 21.9. The number of fused-ring (bicyclic) bond motifs is 25. The molecule has 0 bridgehead atoms. The van der Waals surface area contributed by atoms with E-state index in [1.807, 2.05) is 30.3 Å². The Morgan fingerprint density at radius 1 is 0.311 bits per heavy atom. The maximum atomic E-state index is 6.43. The van der Waals surface area contributed by atoms with Gasteiger partial charge in [-0.3, -0.25) is 4.81 Å². The van der Waals surface area contributed by atoms with Crippen LogP contribution in [0.15, 0.2) is 274 Å². The Morgan fingerprint density at radius 3 is 1.47 bits per heavy atom. The van der Waals surface area contributed by atoms with Gasteiger partial charge in [-0.05, 0) is 185 Å². The lowest BCUT2D eigenvalue weighted by Crippen LogP contribution is -2.64. The van der Waals surface area contributed by atoms with Gasteiger partial charge in [0.2, 0.25) is 17.1 Å². The number of aromatic nitrogens is 5. The molecule has 4 aromatic heterocycles. The van der Waals surface area contributed by atoms with E-state index in [2.05, 4.69) is 339 Å². The van der Waals surface area contributed by atoms with Gasteiger partial charge in [0, 0.05) is 68.0 Å². The zero-order valence-electron chi connectivity index (χ0n) is 67.1. The van der Waals surface area contributed by atoms with E-state index in [0.29, 0.717) is 17.8 Å². The minimum absolute atomic E-state index is 0.0480. The number of anilines is 10. The molecule has 0 amide bonds. The molecule has 15 aromatic rings. The van der Waals surface area contributed by atoms with Gasteiger partial charge in [0.25, 0.3) is 5.82 Å². The molecule has 1 aliphatic carbocycles. The predicted octanol–water partition coefficient (Wildman–Crippen LogP) is 16.1. The number of para-hydroxylation sites is 8. The molecule has 0 N–H and O–H groups in total. The Labute approximate surface area is 693 Å². The van der Waals surface area contributed by atoms with Crippen LogP contribution < -0.4 is 87.4 Å². The summed E-state index contributed by atoms with van der Waals surface area (Å²) >= 11 is 0. The van der Waals surface area contributed by atoms with E-state index in [1.165, 1.54) is 174 Å². The number of nitrogens with zero attached hydrogens (tertiary/aromatic N) is 10. The highest BCUT2D eigenvalue weighted by Gasteiger charge is 2.58. The van der Waals surface area contributed by atoms with E-state index < -0.39 is 0 Å². The third-order valence-corrected chi connectivity index (χ3v) is 27.1. The molecular formula is C99H79B5N10O5+4. The van der Waals surface area contributed by atoms with Crippen LogP contribution in [0.2, 0.25) is 0 Å². The number of hydrogen-bond donors (Lipinski definition) is 0. The van der Waals surface area contributed by atoms with Crippen LogP contribution in [0.4, 0.5) is 56.9 Å². The average Bonchev–Trinajstić information content (AvgIpc) is 1.58. The minimum atomic E-state index is -0.112. The molecule has 0 unspecified atom stereocenters. The predicted molar refractivity (Wildman–Crippen MR) is 473 cm³/mol. The van der Waals surface area contributed by atoms with Crippen molar-refractivity contribution in [3.05, 3.63) is 329 Å². The van der Waals surface area contributed by atoms with Crippen LogP contribution in [0.1, 0.15) is 115 Å². The fraction of sp³-hybridized carbons (Fsp3) is 0.152. The fourth-order valence-corrected chi connectivity index (χ4v) is 21.9. The van der Waals surface area contributed by atoms with E-state index in [9.17, 15) is 0 Å². The second-order valence-electron chi connectivity index (χ2n) is 34.9. The number of rotatable bonds is 3. The molecule has 0 saturated carbocycles. The molecule has 15 aliphatic rings. The Morgan fingerprint density at radius 2 is 0.782 bits per heavy atom. The molecule has 11 aromatic carbocycles. The van der Waals surface area contributed by atoms with Crippen LogP contribution in [-0.4, -0.2) is 40.0 Å². The molecular weight excluding hydrogens is 1460 g/mol. The summed E-state index contributed by atoms with van der Waals surface area (Å²) in [6.45, 7) is 19.5. The Kier molecular flexibility index (Phi) is 14.0. The Hall–Kier alpha value is -13.6. The van der Waals surface area contributed by atoms with Crippen molar-refractivity contribution in [3.63, 3.8) is 0 Å². The first-order chi connectivity index (χ1) is 58.4. The Balaban J connectivity index is 0.0000000808. The number of hydrogen-bond acceptors (Lipinski definition) is 10. The smallest absolute Gasteiger partial charge is 0.536 e. The summed E-state index contributed by atoms with van der Waals surface area (Å²) in [5, 5.41) is 0. The van der Waals surface area contributed by atoms with Gasteiger partial charge in [-0.1, -0.05) is 157 Å². The minimum Gasteiger partial charge on any atom is -0.536 e. The second kappa shape index (κ2) is 24.7. The van der Waals surface area contributed by atoms with Gasteiger partial charge in [-0.15, -0.1) is 0 Å². The van der Waals surface area contributed by atoms with E-state index in [0.717, 1.165) is 78.4 Å². The zero-order valence-corrected chi connectivity index (χ0v) is 67.1. The van der Waals surface area contributed by atoms with Gasteiger partial charge in [0.1, 0.15) is 53.4 Å².